The number of carbonyl (C=O) groups is 1. The van der Waals surface area contributed by atoms with Crippen molar-refractivity contribution in [2.45, 2.75) is 0 Å². The second kappa shape index (κ2) is 5.02. The Morgan fingerprint density at radius 2 is 1.84 bits per heavy atom. The van der Waals surface area contributed by atoms with E-state index >= 15 is 0 Å². The first-order chi connectivity index (χ1) is 9.00. The highest BCUT2D eigenvalue weighted by molar-refractivity contribution is 5.96. The standard InChI is InChI=1S/C15H16N2O2/c1-17(2)14-6-4-3-5-11(14)10-7-8-13(16)12(9-10)15(18)19/h3-9H,16H2,1-2H3,(H,18,19). The molecule has 0 aliphatic carbocycles. The molecule has 0 radical (unpaired) electrons. The van der Waals surface area contributed by atoms with Crippen molar-refractivity contribution >= 4 is 17.3 Å². The molecule has 0 heterocycles. The van der Waals surface area contributed by atoms with Gasteiger partial charge in [-0.2, -0.15) is 0 Å². The van der Waals surface area contributed by atoms with Crippen LogP contribution in [0.1, 0.15) is 10.4 Å². The fraction of sp³-hybridized carbons (Fsp3) is 0.133. The van der Waals surface area contributed by atoms with E-state index in [-0.39, 0.29) is 11.3 Å². The van der Waals surface area contributed by atoms with Crippen LogP contribution in [0.25, 0.3) is 11.1 Å². The van der Waals surface area contributed by atoms with Crippen LogP contribution < -0.4 is 10.6 Å². The molecule has 2 rings (SSSR count). The van der Waals surface area contributed by atoms with E-state index in [0.29, 0.717) is 0 Å². The first-order valence-electron chi connectivity index (χ1n) is 5.90. The third-order valence-electron chi connectivity index (χ3n) is 2.98. The third-order valence-corrected chi connectivity index (χ3v) is 2.98. The molecule has 0 fully saturated rings. The van der Waals surface area contributed by atoms with E-state index in [1.807, 2.05) is 49.3 Å². The van der Waals surface area contributed by atoms with Gasteiger partial charge in [-0.1, -0.05) is 24.3 Å². The summed E-state index contributed by atoms with van der Waals surface area (Å²) in [6.07, 6.45) is 0. The number of carboxylic acid groups (broad SMARTS) is 1. The van der Waals surface area contributed by atoms with Gasteiger partial charge in [0.1, 0.15) is 0 Å². The zero-order chi connectivity index (χ0) is 14.0. The van der Waals surface area contributed by atoms with Gasteiger partial charge in [-0.05, 0) is 23.8 Å². The number of nitrogens with zero attached hydrogens (tertiary/aromatic N) is 1. The van der Waals surface area contributed by atoms with Gasteiger partial charge < -0.3 is 15.7 Å². The van der Waals surface area contributed by atoms with E-state index in [9.17, 15) is 4.79 Å². The predicted molar refractivity (Wildman–Crippen MR) is 77.6 cm³/mol. The van der Waals surface area contributed by atoms with Gasteiger partial charge in [-0.3, -0.25) is 0 Å². The van der Waals surface area contributed by atoms with Crippen LogP contribution in [0.5, 0.6) is 0 Å². The van der Waals surface area contributed by atoms with Crippen LogP contribution in [0.2, 0.25) is 0 Å². The third kappa shape index (κ3) is 2.52. The predicted octanol–water partition coefficient (Wildman–Crippen LogP) is 2.70. The molecule has 0 spiro atoms. The van der Waals surface area contributed by atoms with Crippen molar-refractivity contribution in [3.05, 3.63) is 48.0 Å². The van der Waals surface area contributed by atoms with Crippen LogP contribution in [0.4, 0.5) is 11.4 Å². The number of hydrogen-bond acceptors (Lipinski definition) is 3. The number of hydrogen-bond donors (Lipinski definition) is 2. The van der Waals surface area contributed by atoms with E-state index in [1.54, 1.807) is 12.1 Å². The van der Waals surface area contributed by atoms with Crippen LogP contribution >= 0.6 is 0 Å². The SMILES string of the molecule is CN(C)c1ccccc1-c1ccc(N)c(C(=O)O)c1. The molecule has 0 bridgehead atoms. The molecule has 98 valence electrons. The van der Waals surface area contributed by atoms with Crippen LogP contribution in [-0.4, -0.2) is 25.2 Å². The van der Waals surface area contributed by atoms with Crippen molar-refractivity contribution in [3.8, 4) is 11.1 Å². The smallest absolute Gasteiger partial charge is 0.337 e. The van der Waals surface area contributed by atoms with Crippen LogP contribution in [-0.2, 0) is 0 Å². The highest BCUT2D eigenvalue weighted by Gasteiger charge is 2.12. The topological polar surface area (TPSA) is 66.6 Å². The number of nitrogens with two attached hydrogens (primary N) is 1. The highest BCUT2D eigenvalue weighted by atomic mass is 16.4. The molecule has 2 aromatic rings. The van der Waals surface area contributed by atoms with Gasteiger partial charge in [0.05, 0.1) is 5.56 Å². The average molecular weight is 256 g/mol. The Bertz CT molecular complexity index is 621. The van der Waals surface area contributed by atoms with E-state index in [2.05, 4.69) is 0 Å². The lowest BCUT2D eigenvalue weighted by Crippen LogP contribution is -2.10. The molecule has 0 aliphatic heterocycles. The molecular formula is C15H16N2O2. The lowest BCUT2D eigenvalue weighted by molar-refractivity contribution is 0.0698. The number of para-hydroxylation sites is 1. The molecule has 0 aliphatic rings. The van der Waals surface area contributed by atoms with Crippen molar-refractivity contribution in [2.24, 2.45) is 0 Å². The number of benzene rings is 2. The normalized spacial score (nSPS) is 10.2. The summed E-state index contributed by atoms with van der Waals surface area (Å²) in [5, 5.41) is 9.13. The Hall–Kier alpha value is -2.49. The summed E-state index contributed by atoms with van der Waals surface area (Å²) in [7, 11) is 3.91. The average Bonchev–Trinajstić information content (AvgIpc) is 2.39. The zero-order valence-electron chi connectivity index (χ0n) is 10.9. The number of anilines is 2. The number of carboxylic acids is 1. The molecule has 0 saturated carbocycles. The Morgan fingerprint density at radius 1 is 1.16 bits per heavy atom. The maximum Gasteiger partial charge on any atom is 0.337 e. The fourth-order valence-electron chi connectivity index (χ4n) is 2.02. The van der Waals surface area contributed by atoms with Gasteiger partial charge in [0.2, 0.25) is 0 Å². The molecule has 19 heavy (non-hydrogen) atoms. The van der Waals surface area contributed by atoms with E-state index in [0.717, 1.165) is 16.8 Å². The minimum absolute atomic E-state index is 0.131. The van der Waals surface area contributed by atoms with Gasteiger partial charge >= 0.3 is 5.97 Å². The second-order valence-corrected chi connectivity index (χ2v) is 4.52. The fourth-order valence-corrected chi connectivity index (χ4v) is 2.02. The number of nitrogen functional groups attached to an aromatic ring is 1. The summed E-state index contributed by atoms with van der Waals surface area (Å²) in [6.45, 7) is 0. The van der Waals surface area contributed by atoms with Crippen molar-refractivity contribution in [2.75, 3.05) is 24.7 Å². The van der Waals surface area contributed by atoms with E-state index in [4.69, 9.17) is 10.8 Å². The summed E-state index contributed by atoms with van der Waals surface area (Å²) in [5.74, 6) is -1.01. The maximum atomic E-state index is 11.1. The molecule has 0 aromatic heterocycles. The maximum absolute atomic E-state index is 11.1. The van der Waals surface area contributed by atoms with Gasteiger partial charge in [-0.15, -0.1) is 0 Å². The van der Waals surface area contributed by atoms with E-state index in [1.165, 1.54) is 0 Å². The zero-order valence-corrected chi connectivity index (χ0v) is 10.9. The van der Waals surface area contributed by atoms with Crippen molar-refractivity contribution in [1.29, 1.82) is 0 Å². The number of rotatable bonds is 3. The molecule has 0 atom stereocenters. The molecule has 4 nitrogen and oxygen atoms in total. The van der Waals surface area contributed by atoms with E-state index < -0.39 is 5.97 Å². The minimum atomic E-state index is -1.01. The second-order valence-electron chi connectivity index (χ2n) is 4.52. The van der Waals surface area contributed by atoms with Crippen LogP contribution in [0.15, 0.2) is 42.5 Å². The number of aromatic carboxylic acids is 1. The van der Waals surface area contributed by atoms with Crippen LogP contribution in [0.3, 0.4) is 0 Å². The summed E-state index contributed by atoms with van der Waals surface area (Å²) in [4.78, 5) is 13.1. The minimum Gasteiger partial charge on any atom is -0.478 e. The van der Waals surface area contributed by atoms with Gasteiger partial charge in [0.25, 0.3) is 0 Å². The molecule has 4 heteroatoms. The first-order valence-corrected chi connectivity index (χ1v) is 5.90. The highest BCUT2D eigenvalue weighted by Crippen LogP contribution is 2.31. The summed E-state index contributed by atoms with van der Waals surface area (Å²) < 4.78 is 0. The lowest BCUT2D eigenvalue weighted by atomic mass is 10.00. The lowest BCUT2D eigenvalue weighted by Gasteiger charge is -2.18. The Balaban J connectivity index is 2.60. The Morgan fingerprint density at radius 3 is 2.47 bits per heavy atom. The van der Waals surface area contributed by atoms with Crippen molar-refractivity contribution < 1.29 is 9.90 Å². The summed E-state index contributed by atoms with van der Waals surface area (Å²) in [6, 6.07) is 12.9. The Kier molecular flexibility index (Phi) is 3.42. The molecule has 2 aromatic carbocycles. The quantitative estimate of drug-likeness (QED) is 0.829. The Labute approximate surface area is 112 Å². The molecule has 0 unspecified atom stereocenters. The van der Waals surface area contributed by atoms with Gasteiger partial charge in [0, 0.05) is 31.0 Å². The molecule has 0 saturated heterocycles. The van der Waals surface area contributed by atoms with Gasteiger partial charge in [0.15, 0.2) is 0 Å². The molecular weight excluding hydrogens is 240 g/mol. The largest absolute Gasteiger partial charge is 0.478 e. The van der Waals surface area contributed by atoms with Crippen molar-refractivity contribution in [3.63, 3.8) is 0 Å². The molecule has 0 amide bonds. The van der Waals surface area contributed by atoms with Gasteiger partial charge in [-0.25, -0.2) is 4.79 Å². The summed E-state index contributed by atoms with van der Waals surface area (Å²) in [5.41, 5.74) is 8.94. The monoisotopic (exact) mass is 256 g/mol. The summed E-state index contributed by atoms with van der Waals surface area (Å²) >= 11 is 0. The van der Waals surface area contributed by atoms with Crippen molar-refractivity contribution in [1.82, 2.24) is 0 Å². The first kappa shape index (κ1) is 13.0. The van der Waals surface area contributed by atoms with Crippen LogP contribution in [0, 0.1) is 0 Å². The molecule has 3 N–H and O–H groups in total.